The van der Waals surface area contributed by atoms with E-state index in [1.54, 1.807) is 0 Å². The summed E-state index contributed by atoms with van der Waals surface area (Å²) in [7, 11) is 0. The van der Waals surface area contributed by atoms with Crippen LogP contribution in [-0.2, 0) is 6.54 Å². The smallest absolute Gasteiger partial charge is 0.0991 e. The lowest BCUT2D eigenvalue weighted by molar-refractivity contribution is 1.19. The van der Waals surface area contributed by atoms with Gasteiger partial charge >= 0.3 is 0 Å². The van der Waals surface area contributed by atoms with Crippen LogP contribution in [-0.4, -0.2) is 0 Å². The fraction of sp³-hybridized carbons (Fsp3) is 0.214. The first-order valence-electron chi connectivity index (χ1n) is 5.49. The number of anilines is 1. The van der Waals surface area contributed by atoms with Crippen LogP contribution < -0.4 is 5.32 Å². The van der Waals surface area contributed by atoms with Gasteiger partial charge in [0.15, 0.2) is 0 Å². The summed E-state index contributed by atoms with van der Waals surface area (Å²) < 4.78 is 0. The van der Waals surface area contributed by atoms with Gasteiger partial charge in [-0.25, -0.2) is 0 Å². The summed E-state index contributed by atoms with van der Waals surface area (Å²) in [5.74, 6) is 0. The molecule has 0 aliphatic carbocycles. The Morgan fingerprint density at radius 2 is 1.94 bits per heavy atom. The molecule has 0 saturated heterocycles. The predicted molar refractivity (Wildman–Crippen MR) is 72.3 cm³/mol. The van der Waals surface area contributed by atoms with Crippen molar-refractivity contribution in [1.29, 1.82) is 5.26 Å². The molecule has 1 heterocycles. The van der Waals surface area contributed by atoms with Crippen LogP contribution in [0, 0.1) is 25.2 Å². The largest absolute Gasteiger partial charge is 0.380 e. The third-order valence-corrected chi connectivity index (χ3v) is 3.85. The molecule has 0 unspecified atom stereocenters. The first-order valence-corrected chi connectivity index (χ1v) is 6.30. The number of hydrogen-bond acceptors (Lipinski definition) is 3. The van der Waals surface area contributed by atoms with Crippen molar-refractivity contribution in [1.82, 2.24) is 0 Å². The number of aryl methyl sites for hydroxylation is 2. The Morgan fingerprint density at radius 1 is 1.24 bits per heavy atom. The summed E-state index contributed by atoms with van der Waals surface area (Å²) in [5, 5.41) is 12.1. The van der Waals surface area contributed by atoms with Crippen molar-refractivity contribution in [3.8, 4) is 6.07 Å². The zero-order chi connectivity index (χ0) is 12.3. The van der Waals surface area contributed by atoms with Gasteiger partial charge in [0.1, 0.15) is 0 Å². The number of benzene rings is 1. The van der Waals surface area contributed by atoms with E-state index >= 15 is 0 Å². The van der Waals surface area contributed by atoms with E-state index < -0.39 is 0 Å². The summed E-state index contributed by atoms with van der Waals surface area (Å²) in [5.41, 5.74) is 3.10. The second-order valence-electron chi connectivity index (χ2n) is 3.99. The van der Waals surface area contributed by atoms with Crippen LogP contribution in [0.3, 0.4) is 0 Å². The van der Waals surface area contributed by atoms with Crippen LogP contribution in [0.4, 0.5) is 5.69 Å². The molecular formula is C14H14N2S. The SMILES string of the molecule is Cc1cc(CNc2ccc(C#N)cc2)sc1C. The van der Waals surface area contributed by atoms with Gasteiger partial charge in [0.25, 0.3) is 0 Å². The number of rotatable bonds is 3. The minimum absolute atomic E-state index is 0.693. The molecule has 0 spiro atoms. The Kier molecular flexibility index (Phi) is 3.46. The highest BCUT2D eigenvalue weighted by Gasteiger charge is 2.01. The Bertz CT molecular complexity index is 527. The third-order valence-electron chi connectivity index (χ3n) is 2.70. The zero-order valence-electron chi connectivity index (χ0n) is 9.95. The van der Waals surface area contributed by atoms with Gasteiger partial charge in [-0.2, -0.15) is 5.26 Å². The Labute approximate surface area is 106 Å². The van der Waals surface area contributed by atoms with Crippen molar-refractivity contribution >= 4 is 17.0 Å². The first kappa shape index (κ1) is 11.7. The monoisotopic (exact) mass is 242 g/mol. The maximum atomic E-state index is 8.70. The Morgan fingerprint density at radius 3 is 2.47 bits per heavy atom. The molecule has 0 amide bonds. The summed E-state index contributed by atoms with van der Waals surface area (Å²) in [6.45, 7) is 5.12. The molecule has 1 N–H and O–H groups in total. The molecule has 3 heteroatoms. The lowest BCUT2D eigenvalue weighted by atomic mass is 10.2. The molecule has 1 aromatic heterocycles. The summed E-state index contributed by atoms with van der Waals surface area (Å²) in [6.07, 6.45) is 0. The van der Waals surface area contributed by atoms with Crippen LogP contribution in [0.25, 0.3) is 0 Å². The van der Waals surface area contributed by atoms with Gasteiger partial charge in [-0.15, -0.1) is 11.3 Å². The molecule has 2 nitrogen and oxygen atoms in total. The van der Waals surface area contributed by atoms with Gasteiger partial charge in [-0.05, 0) is 49.7 Å². The Hall–Kier alpha value is -1.79. The molecule has 0 aliphatic rings. The van der Waals surface area contributed by atoms with E-state index in [1.165, 1.54) is 15.3 Å². The van der Waals surface area contributed by atoms with E-state index in [2.05, 4.69) is 31.3 Å². The maximum Gasteiger partial charge on any atom is 0.0991 e. The van der Waals surface area contributed by atoms with Crippen molar-refractivity contribution < 1.29 is 0 Å². The fourth-order valence-electron chi connectivity index (χ4n) is 1.59. The van der Waals surface area contributed by atoms with Crippen molar-refractivity contribution in [3.63, 3.8) is 0 Å². The molecule has 0 atom stereocenters. The van der Waals surface area contributed by atoms with Gasteiger partial charge in [0.05, 0.1) is 11.6 Å². The van der Waals surface area contributed by atoms with Crippen molar-refractivity contribution in [3.05, 3.63) is 51.2 Å². The van der Waals surface area contributed by atoms with E-state index in [0.29, 0.717) is 5.56 Å². The third kappa shape index (κ3) is 2.86. The molecular weight excluding hydrogens is 228 g/mol. The van der Waals surface area contributed by atoms with Gasteiger partial charge in [0, 0.05) is 22.0 Å². The summed E-state index contributed by atoms with van der Waals surface area (Å²) in [4.78, 5) is 2.71. The normalized spacial score (nSPS) is 9.94. The second-order valence-corrected chi connectivity index (χ2v) is 5.34. The van der Waals surface area contributed by atoms with E-state index in [-0.39, 0.29) is 0 Å². The summed E-state index contributed by atoms with van der Waals surface area (Å²) in [6, 6.07) is 11.9. The highest BCUT2D eigenvalue weighted by molar-refractivity contribution is 7.12. The number of nitriles is 1. The van der Waals surface area contributed by atoms with Crippen molar-refractivity contribution in [2.24, 2.45) is 0 Å². The second kappa shape index (κ2) is 5.03. The topological polar surface area (TPSA) is 35.8 Å². The lowest BCUT2D eigenvalue weighted by Crippen LogP contribution is -1.96. The molecule has 0 saturated carbocycles. The maximum absolute atomic E-state index is 8.70. The predicted octanol–water partition coefficient (Wildman–Crippen LogP) is 3.85. The highest BCUT2D eigenvalue weighted by Crippen LogP contribution is 2.21. The molecule has 17 heavy (non-hydrogen) atoms. The number of nitrogens with zero attached hydrogens (tertiary/aromatic N) is 1. The molecule has 0 radical (unpaired) electrons. The molecule has 1 aromatic carbocycles. The van der Waals surface area contributed by atoms with Gasteiger partial charge in [-0.3, -0.25) is 0 Å². The van der Waals surface area contributed by atoms with Gasteiger partial charge in [-0.1, -0.05) is 0 Å². The van der Waals surface area contributed by atoms with Crippen LogP contribution in [0.2, 0.25) is 0 Å². The number of hydrogen-bond donors (Lipinski definition) is 1. The van der Waals surface area contributed by atoms with Crippen LogP contribution in [0.15, 0.2) is 30.3 Å². The van der Waals surface area contributed by atoms with Crippen LogP contribution in [0.5, 0.6) is 0 Å². The minimum atomic E-state index is 0.693. The van der Waals surface area contributed by atoms with Crippen LogP contribution in [0.1, 0.15) is 20.9 Å². The molecule has 0 bridgehead atoms. The van der Waals surface area contributed by atoms with Crippen molar-refractivity contribution in [2.45, 2.75) is 20.4 Å². The van der Waals surface area contributed by atoms with E-state index in [0.717, 1.165) is 12.2 Å². The first-order chi connectivity index (χ1) is 8.19. The molecule has 2 aromatic rings. The lowest BCUT2D eigenvalue weighted by Gasteiger charge is -2.04. The number of thiophene rings is 1. The van der Waals surface area contributed by atoms with E-state index in [1.807, 2.05) is 35.6 Å². The average molecular weight is 242 g/mol. The van der Waals surface area contributed by atoms with Crippen molar-refractivity contribution in [2.75, 3.05) is 5.32 Å². The Balaban J connectivity index is 2.00. The minimum Gasteiger partial charge on any atom is -0.380 e. The van der Waals surface area contributed by atoms with Crippen LogP contribution >= 0.6 is 11.3 Å². The van der Waals surface area contributed by atoms with Gasteiger partial charge in [0.2, 0.25) is 0 Å². The highest BCUT2D eigenvalue weighted by atomic mass is 32.1. The zero-order valence-corrected chi connectivity index (χ0v) is 10.8. The average Bonchev–Trinajstić information content (AvgIpc) is 2.67. The molecule has 0 aliphatic heterocycles. The summed E-state index contributed by atoms with van der Waals surface area (Å²) >= 11 is 1.83. The molecule has 2 rings (SSSR count). The van der Waals surface area contributed by atoms with E-state index in [4.69, 9.17) is 5.26 Å². The quantitative estimate of drug-likeness (QED) is 0.887. The van der Waals surface area contributed by atoms with Gasteiger partial charge < -0.3 is 5.32 Å². The van der Waals surface area contributed by atoms with E-state index in [9.17, 15) is 0 Å². The fourth-order valence-corrected chi connectivity index (χ4v) is 2.58. The molecule has 0 fully saturated rings. The molecule has 86 valence electrons. The number of nitrogens with one attached hydrogen (secondary N) is 1. The standard InChI is InChI=1S/C14H14N2S/c1-10-7-14(17-11(10)2)9-16-13-5-3-12(8-15)4-6-13/h3-7,16H,9H2,1-2H3.